The van der Waals surface area contributed by atoms with Crippen LogP contribution in [0.3, 0.4) is 0 Å². The minimum atomic E-state index is -0.417. The molecular weight excluding hydrogens is 420 g/mol. The summed E-state index contributed by atoms with van der Waals surface area (Å²) >= 11 is 0. The van der Waals surface area contributed by atoms with Gasteiger partial charge in [0.15, 0.2) is 0 Å². The van der Waals surface area contributed by atoms with Crippen molar-refractivity contribution in [3.8, 4) is 6.07 Å². The van der Waals surface area contributed by atoms with Gasteiger partial charge in [-0.25, -0.2) is 0 Å². The zero-order chi connectivity index (χ0) is 24.1. The zero-order valence-electron chi connectivity index (χ0n) is 20.1. The predicted molar refractivity (Wildman–Crippen MR) is 138 cm³/mol. The summed E-state index contributed by atoms with van der Waals surface area (Å²) < 4.78 is 0. The number of hydrogen-bond acceptors (Lipinski definition) is 4. The highest BCUT2D eigenvalue weighted by molar-refractivity contribution is 5.87. The average Bonchev–Trinajstić information content (AvgIpc) is 2.81. The van der Waals surface area contributed by atoms with Gasteiger partial charge in [-0.3, -0.25) is 4.79 Å². The van der Waals surface area contributed by atoms with Crippen LogP contribution in [0.2, 0.25) is 0 Å². The van der Waals surface area contributed by atoms with E-state index in [9.17, 15) is 4.79 Å². The topological polar surface area (TPSA) is 68.2 Å². The SMILES string of the molecule is Cc1ccc(C[C@H](Nc2ccccc2NC(C)c2ccc(C)cc2)C(=O)N2CC(C#N)C2)cc1. The van der Waals surface area contributed by atoms with E-state index in [1.54, 1.807) is 4.90 Å². The molecule has 0 radical (unpaired) electrons. The van der Waals surface area contributed by atoms with E-state index in [-0.39, 0.29) is 17.9 Å². The molecule has 0 aliphatic carbocycles. The summed E-state index contributed by atoms with van der Waals surface area (Å²) in [5, 5.41) is 16.3. The highest BCUT2D eigenvalue weighted by atomic mass is 16.2. The number of nitrogens with one attached hydrogen (secondary N) is 2. The minimum absolute atomic E-state index is 0.0356. The van der Waals surface area contributed by atoms with E-state index >= 15 is 0 Å². The number of nitrogens with zero attached hydrogens (tertiary/aromatic N) is 2. The molecule has 0 bridgehead atoms. The van der Waals surface area contributed by atoms with Crippen molar-refractivity contribution >= 4 is 17.3 Å². The number of likely N-dealkylation sites (tertiary alicyclic amines) is 1. The predicted octanol–water partition coefficient (Wildman–Crippen LogP) is 5.48. The lowest BCUT2D eigenvalue weighted by Gasteiger charge is -2.38. The van der Waals surface area contributed by atoms with Crippen LogP contribution in [0.15, 0.2) is 72.8 Å². The summed E-state index contributed by atoms with van der Waals surface area (Å²) in [7, 11) is 0. The van der Waals surface area contributed by atoms with Gasteiger partial charge in [-0.15, -0.1) is 0 Å². The van der Waals surface area contributed by atoms with Crippen molar-refractivity contribution < 1.29 is 4.79 Å². The molecule has 0 aromatic heterocycles. The number of hydrogen-bond donors (Lipinski definition) is 2. The van der Waals surface area contributed by atoms with E-state index in [1.807, 2.05) is 24.3 Å². The first-order valence-corrected chi connectivity index (χ1v) is 11.9. The number of para-hydroxylation sites is 2. The fourth-order valence-electron chi connectivity index (χ4n) is 4.21. The lowest BCUT2D eigenvalue weighted by molar-refractivity contribution is -0.137. The molecule has 34 heavy (non-hydrogen) atoms. The molecule has 1 heterocycles. The minimum Gasteiger partial charge on any atom is -0.377 e. The van der Waals surface area contributed by atoms with Crippen molar-refractivity contribution in [3.05, 3.63) is 95.1 Å². The van der Waals surface area contributed by atoms with Gasteiger partial charge in [0.05, 0.1) is 23.4 Å². The van der Waals surface area contributed by atoms with Gasteiger partial charge >= 0.3 is 0 Å². The van der Waals surface area contributed by atoms with Gasteiger partial charge in [-0.1, -0.05) is 71.8 Å². The van der Waals surface area contributed by atoms with Crippen LogP contribution in [0.1, 0.15) is 35.2 Å². The Morgan fingerprint density at radius 2 is 1.50 bits per heavy atom. The Labute approximate surface area is 202 Å². The molecule has 174 valence electrons. The quantitative estimate of drug-likeness (QED) is 0.475. The third-order valence-corrected chi connectivity index (χ3v) is 6.44. The lowest BCUT2D eigenvalue weighted by atomic mass is 9.97. The van der Waals surface area contributed by atoms with E-state index in [2.05, 4.69) is 86.0 Å². The highest BCUT2D eigenvalue weighted by Gasteiger charge is 2.34. The Balaban J connectivity index is 1.54. The molecule has 2 atom stereocenters. The van der Waals surface area contributed by atoms with Crippen LogP contribution in [0.25, 0.3) is 0 Å². The second kappa shape index (κ2) is 10.4. The first-order chi connectivity index (χ1) is 16.4. The molecule has 0 spiro atoms. The van der Waals surface area contributed by atoms with E-state index < -0.39 is 6.04 Å². The number of carbonyl (C=O) groups is 1. The summed E-state index contributed by atoms with van der Waals surface area (Å²) in [5.74, 6) is -0.0262. The van der Waals surface area contributed by atoms with Gasteiger partial charge in [0.25, 0.3) is 0 Å². The van der Waals surface area contributed by atoms with Crippen LogP contribution in [-0.2, 0) is 11.2 Å². The van der Waals surface area contributed by atoms with Gasteiger partial charge in [-0.2, -0.15) is 5.26 Å². The van der Waals surface area contributed by atoms with Crippen LogP contribution >= 0.6 is 0 Å². The molecule has 1 aliphatic rings. The zero-order valence-corrected chi connectivity index (χ0v) is 20.1. The third-order valence-electron chi connectivity index (χ3n) is 6.44. The van der Waals surface area contributed by atoms with Crippen LogP contribution in [-0.4, -0.2) is 29.9 Å². The number of nitriles is 1. The fraction of sp³-hybridized carbons (Fsp3) is 0.310. The first-order valence-electron chi connectivity index (χ1n) is 11.9. The number of anilines is 2. The maximum absolute atomic E-state index is 13.4. The molecule has 5 nitrogen and oxygen atoms in total. The number of benzene rings is 3. The molecule has 5 heteroatoms. The van der Waals surface area contributed by atoms with Crippen LogP contribution in [0.5, 0.6) is 0 Å². The summed E-state index contributed by atoms with van der Waals surface area (Å²) in [6.45, 7) is 7.29. The van der Waals surface area contributed by atoms with Gasteiger partial charge < -0.3 is 15.5 Å². The molecule has 4 rings (SSSR count). The van der Waals surface area contributed by atoms with Crippen molar-refractivity contribution in [2.24, 2.45) is 5.92 Å². The van der Waals surface area contributed by atoms with Crippen LogP contribution < -0.4 is 10.6 Å². The Morgan fingerprint density at radius 1 is 0.941 bits per heavy atom. The van der Waals surface area contributed by atoms with Crippen LogP contribution in [0, 0.1) is 31.1 Å². The van der Waals surface area contributed by atoms with E-state index in [4.69, 9.17) is 5.26 Å². The number of amides is 1. The van der Waals surface area contributed by atoms with Crippen molar-refractivity contribution in [2.45, 2.75) is 39.3 Å². The monoisotopic (exact) mass is 452 g/mol. The molecule has 0 saturated carbocycles. The van der Waals surface area contributed by atoms with Gasteiger partial charge in [-0.05, 0) is 44.0 Å². The Hall–Kier alpha value is -3.78. The highest BCUT2D eigenvalue weighted by Crippen LogP contribution is 2.28. The van der Waals surface area contributed by atoms with Gasteiger partial charge in [0.2, 0.25) is 5.91 Å². The summed E-state index contributed by atoms with van der Waals surface area (Å²) in [5.41, 5.74) is 6.59. The number of aryl methyl sites for hydroxylation is 2. The van der Waals surface area contributed by atoms with E-state index in [1.165, 1.54) is 16.7 Å². The molecule has 1 amide bonds. The summed E-state index contributed by atoms with van der Waals surface area (Å²) in [6.07, 6.45) is 0.578. The van der Waals surface area contributed by atoms with Crippen molar-refractivity contribution in [1.29, 1.82) is 5.26 Å². The Bertz CT molecular complexity index is 1160. The molecule has 1 unspecified atom stereocenters. The Kier molecular flexibility index (Phi) is 7.18. The Morgan fingerprint density at radius 3 is 2.09 bits per heavy atom. The summed E-state index contributed by atoms with van der Waals surface area (Å²) in [6, 6.07) is 26.8. The third kappa shape index (κ3) is 5.58. The van der Waals surface area contributed by atoms with E-state index in [0.717, 1.165) is 16.9 Å². The van der Waals surface area contributed by atoms with Crippen LogP contribution in [0.4, 0.5) is 11.4 Å². The normalized spacial score (nSPS) is 15.1. The maximum atomic E-state index is 13.4. The lowest BCUT2D eigenvalue weighted by Crippen LogP contribution is -2.54. The standard InChI is InChI=1S/C29H32N4O/c1-20-8-12-23(13-9-20)16-28(29(34)33-18-24(17-30)19-33)32-27-7-5-4-6-26(27)31-22(3)25-14-10-21(2)11-15-25/h4-15,22,24,28,31-32H,16,18-19H2,1-3H3/t22?,28-/m0/s1. The van der Waals surface area contributed by atoms with Crippen molar-refractivity contribution in [3.63, 3.8) is 0 Å². The molecule has 1 aliphatic heterocycles. The first kappa shape index (κ1) is 23.4. The van der Waals surface area contributed by atoms with Crippen molar-refractivity contribution in [1.82, 2.24) is 4.90 Å². The second-order valence-electron chi connectivity index (χ2n) is 9.28. The molecular formula is C29H32N4O. The number of carbonyl (C=O) groups excluding carboxylic acids is 1. The van der Waals surface area contributed by atoms with Gasteiger partial charge in [0.1, 0.15) is 6.04 Å². The molecule has 2 N–H and O–H groups in total. The maximum Gasteiger partial charge on any atom is 0.245 e. The molecule has 3 aromatic carbocycles. The van der Waals surface area contributed by atoms with E-state index in [0.29, 0.717) is 19.5 Å². The van der Waals surface area contributed by atoms with Gasteiger partial charge in [0, 0.05) is 25.6 Å². The molecule has 1 saturated heterocycles. The second-order valence-corrected chi connectivity index (χ2v) is 9.28. The molecule has 3 aromatic rings. The fourth-order valence-corrected chi connectivity index (χ4v) is 4.21. The smallest absolute Gasteiger partial charge is 0.245 e. The average molecular weight is 453 g/mol. The molecule has 1 fully saturated rings. The van der Waals surface area contributed by atoms with Crippen molar-refractivity contribution in [2.75, 3.05) is 23.7 Å². The largest absolute Gasteiger partial charge is 0.377 e. The number of rotatable bonds is 8. The summed E-state index contributed by atoms with van der Waals surface area (Å²) in [4.78, 5) is 15.2.